The lowest BCUT2D eigenvalue weighted by molar-refractivity contribution is 1.06. The molecule has 0 fully saturated rings. The molecule has 0 atom stereocenters. The van der Waals surface area contributed by atoms with Crippen LogP contribution in [0, 0.1) is 0 Å². The van der Waals surface area contributed by atoms with Crippen LogP contribution in [0.2, 0.25) is 0 Å². The average Bonchev–Trinajstić information content (AvgIpc) is 3.75. The van der Waals surface area contributed by atoms with Crippen molar-refractivity contribution in [3.8, 4) is 50.5 Å². The molecule has 0 saturated carbocycles. The van der Waals surface area contributed by atoms with Crippen molar-refractivity contribution in [2.24, 2.45) is 0 Å². The van der Waals surface area contributed by atoms with Crippen molar-refractivity contribution >= 4 is 53.3 Å². The molecule has 0 saturated heterocycles. The van der Waals surface area contributed by atoms with E-state index in [1.165, 1.54) is 64.3 Å². The van der Waals surface area contributed by atoms with Crippen molar-refractivity contribution in [3.05, 3.63) is 170 Å². The standard InChI is InChI=1S/C45H28N4S/c1-4-11-29(12-5-1)33-23-34(30-13-6-2-7-14-30)25-35(24-33)49-40-21-19-32(45-47-27-46-28-48-45)26-39(40)42-41(49)22-20-38-37-18-10-17-36(43(37)50-44(38)42)31-15-8-3-9-16-31/h1-28H. The molecule has 50 heavy (non-hydrogen) atoms. The lowest BCUT2D eigenvalue weighted by Gasteiger charge is -2.14. The number of aromatic nitrogens is 4. The van der Waals surface area contributed by atoms with E-state index in [0.717, 1.165) is 22.3 Å². The Balaban J connectivity index is 1.32. The third-order valence-corrected chi connectivity index (χ3v) is 10.9. The van der Waals surface area contributed by atoms with Gasteiger partial charge in [-0.15, -0.1) is 11.3 Å². The Labute approximate surface area is 292 Å². The lowest BCUT2D eigenvalue weighted by Crippen LogP contribution is -1.96. The van der Waals surface area contributed by atoms with E-state index in [1.54, 1.807) is 12.7 Å². The van der Waals surface area contributed by atoms with E-state index in [4.69, 9.17) is 0 Å². The molecule has 0 unspecified atom stereocenters. The van der Waals surface area contributed by atoms with Gasteiger partial charge in [0, 0.05) is 42.2 Å². The van der Waals surface area contributed by atoms with Crippen molar-refractivity contribution in [2.75, 3.05) is 0 Å². The minimum absolute atomic E-state index is 0.662. The zero-order chi connectivity index (χ0) is 33.0. The van der Waals surface area contributed by atoms with Gasteiger partial charge in [-0.1, -0.05) is 115 Å². The molecule has 4 nitrogen and oxygen atoms in total. The zero-order valence-corrected chi connectivity index (χ0v) is 27.7. The summed E-state index contributed by atoms with van der Waals surface area (Å²) < 4.78 is 5.01. The molecule has 0 aliphatic rings. The predicted molar refractivity (Wildman–Crippen MR) is 209 cm³/mol. The maximum Gasteiger partial charge on any atom is 0.162 e. The summed E-state index contributed by atoms with van der Waals surface area (Å²) in [5.74, 6) is 0.662. The smallest absolute Gasteiger partial charge is 0.162 e. The van der Waals surface area contributed by atoms with Crippen LogP contribution in [0.1, 0.15) is 0 Å². The van der Waals surface area contributed by atoms with Crippen molar-refractivity contribution in [3.63, 3.8) is 0 Å². The minimum Gasteiger partial charge on any atom is -0.309 e. The molecule has 0 N–H and O–H groups in total. The Hall–Kier alpha value is -6.43. The summed E-state index contributed by atoms with van der Waals surface area (Å²) in [4.78, 5) is 13.1. The third kappa shape index (κ3) is 4.63. The van der Waals surface area contributed by atoms with Crippen molar-refractivity contribution in [2.45, 2.75) is 0 Å². The molecule has 7 aromatic carbocycles. The minimum atomic E-state index is 0.662. The fraction of sp³-hybridized carbons (Fsp3) is 0. The molecule has 0 spiro atoms. The molecular formula is C45H28N4S. The van der Waals surface area contributed by atoms with Gasteiger partial charge in [0.2, 0.25) is 0 Å². The Morgan fingerprint density at radius 3 is 1.72 bits per heavy atom. The van der Waals surface area contributed by atoms with Crippen LogP contribution in [-0.2, 0) is 0 Å². The van der Waals surface area contributed by atoms with E-state index >= 15 is 0 Å². The summed E-state index contributed by atoms with van der Waals surface area (Å²) >= 11 is 1.88. The van der Waals surface area contributed by atoms with Gasteiger partial charge in [0.25, 0.3) is 0 Å². The maximum atomic E-state index is 4.51. The SMILES string of the molecule is c1ccc(-c2cc(-c3ccccc3)cc(-n3c4ccc(-c5ncncn5)cc4c4c5sc6c(-c7ccccc7)cccc6c5ccc43)c2)cc1. The van der Waals surface area contributed by atoms with Gasteiger partial charge >= 0.3 is 0 Å². The highest BCUT2D eigenvalue weighted by molar-refractivity contribution is 7.27. The first-order chi connectivity index (χ1) is 24.8. The summed E-state index contributed by atoms with van der Waals surface area (Å²) in [7, 11) is 0. The van der Waals surface area contributed by atoms with Crippen molar-refractivity contribution in [1.82, 2.24) is 19.5 Å². The number of benzene rings is 7. The van der Waals surface area contributed by atoms with Gasteiger partial charge in [-0.25, -0.2) is 15.0 Å². The molecule has 234 valence electrons. The van der Waals surface area contributed by atoms with Crippen LogP contribution in [-0.4, -0.2) is 19.5 Å². The fourth-order valence-corrected chi connectivity index (χ4v) is 8.74. The van der Waals surface area contributed by atoms with Crippen LogP contribution in [0.3, 0.4) is 0 Å². The van der Waals surface area contributed by atoms with Gasteiger partial charge < -0.3 is 4.57 Å². The van der Waals surface area contributed by atoms with Gasteiger partial charge in [0.15, 0.2) is 5.82 Å². The van der Waals surface area contributed by atoms with Crippen LogP contribution < -0.4 is 0 Å². The maximum absolute atomic E-state index is 4.51. The molecule has 0 aliphatic heterocycles. The third-order valence-electron chi connectivity index (χ3n) is 9.62. The summed E-state index contributed by atoms with van der Waals surface area (Å²) in [5.41, 5.74) is 11.6. The van der Waals surface area contributed by atoms with Gasteiger partial charge in [0.1, 0.15) is 12.7 Å². The first kappa shape index (κ1) is 28.6. The van der Waals surface area contributed by atoms with Gasteiger partial charge in [0.05, 0.1) is 11.0 Å². The van der Waals surface area contributed by atoms with E-state index in [1.807, 2.05) is 11.3 Å². The number of hydrogen-bond donors (Lipinski definition) is 0. The van der Waals surface area contributed by atoms with Crippen LogP contribution >= 0.6 is 11.3 Å². The monoisotopic (exact) mass is 656 g/mol. The van der Waals surface area contributed by atoms with E-state index in [-0.39, 0.29) is 0 Å². The molecule has 0 amide bonds. The fourth-order valence-electron chi connectivity index (χ4n) is 7.34. The second-order valence-electron chi connectivity index (χ2n) is 12.5. The van der Waals surface area contributed by atoms with E-state index in [0.29, 0.717) is 5.82 Å². The zero-order valence-electron chi connectivity index (χ0n) is 26.9. The Bertz CT molecular complexity index is 2780. The van der Waals surface area contributed by atoms with Crippen LogP contribution in [0.15, 0.2) is 170 Å². The summed E-state index contributed by atoms with van der Waals surface area (Å²) in [6, 6.07) is 56.9. The first-order valence-corrected chi connectivity index (χ1v) is 17.5. The van der Waals surface area contributed by atoms with Gasteiger partial charge in [-0.3, -0.25) is 0 Å². The highest BCUT2D eigenvalue weighted by atomic mass is 32.1. The van der Waals surface area contributed by atoms with Crippen LogP contribution in [0.5, 0.6) is 0 Å². The average molecular weight is 657 g/mol. The Kier molecular flexibility index (Phi) is 6.64. The second kappa shape index (κ2) is 11.6. The van der Waals surface area contributed by atoms with E-state index < -0.39 is 0 Å². The Morgan fingerprint density at radius 1 is 0.420 bits per heavy atom. The quantitative estimate of drug-likeness (QED) is 0.185. The molecule has 0 radical (unpaired) electrons. The van der Waals surface area contributed by atoms with Crippen LogP contribution in [0.25, 0.3) is 92.4 Å². The topological polar surface area (TPSA) is 43.6 Å². The molecule has 5 heteroatoms. The highest BCUT2D eigenvalue weighted by Gasteiger charge is 2.20. The van der Waals surface area contributed by atoms with E-state index in [9.17, 15) is 0 Å². The molecular weight excluding hydrogens is 629 g/mol. The molecule has 0 aliphatic carbocycles. The molecule has 3 heterocycles. The van der Waals surface area contributed by atoms with Crippen LogP contribution in [0.4, 0.5) is 0 Å². The summed E-state index contributed by atoms with van der Waals surface area (Å²) in [5, 5.41) is 4.95. The molecule has 10 rings (SSSR count). The van der Waals surface area contributed by atoms with Gasteiger partial charge in [-0.2, -0.15) is 0 Å². The molecule has 3 aromatic heterocycles. The molecule has 10 aromatic rings. The lowest BCUT2D eigenvalue weighted by atomic mass is 9.98. The van der Waals surface area contributed by atoms with E-state index in [2.05, 4.69) is 177 Å². The summed E-state index contributed by atoms with van der Waals surface area (Å²) in [6.07, 6.45) is 3.12. The van der Waals surface area contributed by atoms with Gasteiger partial charge in [-0.05, 0) is 75.8 Å². The number of rotatable bonds is 5. The first-order valence-electron chi connectivity index (χ1n) is 16.7. The van der Waals surface area contributed by atoms with Crippen molar-refractivity contribution in [1.29, 1.82) is 0 Å². The molecule has 0 bridgehead atoms. The number of thiophene rings is 1. The Morgan fingerprint density at radius 2 is 1.04 bits per heavy atom. The highest BCUT2D eigenvalue weighted by Crippen LogP contribution is 2.46. The number of hydrogen-bond acceptors (Lipinski definition) is 4. The second-order valence-corrected chi connectivity index (χ2v) is 13.5. The normalized spacial score (nSPS) is 11.6. The van der Waals surface area contributed by atoms with Crippen molar-refractivity contribution < 1.29 is 0 Å². The largest absolute Gasteiger partial charge is 0.309 e. The summed E-state index contributed by atoms with van der Waals surface area (Å²) in [6.45, 7) is 0. The number of nitrogens with zero attached hydrogens (tertiary/aromatic N) is 4. The predicted octanol–water partition coefficient (Wildman–Crippen LogP) is 12.0. The number of fused-ring (bicyclic) bond motifs is 7.